The SMILES string of the molecule is CNCC1(C)CCN(c2nccc(OC)n2)C1. The van der Waals surface area contributed by atoms with Crippen LogP contribution in [0.15, 0.2) is 12.3 Å². The largest absolute Gasteiger partial charge is 0.481 e. The summed E-state index contributed by atoms with van der Waals surface area (Å²) in [5, 5.41) is 3.25. The summed E-state index contributed by atoms with van der Waals surface area (Å²) in [6.45, 7) is 5.31. The van der Waals surface area contributed by atoms with Gasteiger partial charge in [-0.15, -0.1) is 0 Å². The van der Waals surface area contributed by atoms with Crippen molar-refractivity contribution in [3.8, 4) is 5.88 Å². The second kappa shape index (κ2) is 4.87. The fourth-order valence-electron chi connectivity index (χ4n) is 2.36. The Kier molecular flexibility index (Phi) is 3.47. The Bertz CT molecular complexity index is 385. The molecule has 1 saturated heterocycles. The molecule has 2 heterocycles. The number of methoxy groups -OCH3 is 1. The molecule has 0 saturated carbocycles. The van der Waals surface area contributed by atoms with Crippen molar-refractivity contribution >= 4 is 5.95 Å². The number of hydrogen-bond donors (Lipinski definition) is 1. The Balaban J connectivity index is 2.09. The molecule has 1 N–H and O–H groups in total. The Labute approximate surface area is 102 Å². The minimum absolute atomic E-state index is 0.307. The van der Waals surface area contributed by atoms with E-state index in [-0.39, 0.29) is 0 Å². The van der Waals surface area contributed by atoms with Crippen LogP contribution in [0, 0.1) is 5.41 Å². The van der Waals surface area contributed by atoms with Crippen LogP contribution >= 0.6 is 0 Å². The highest BCUT2D eigenvalue weighted by molar-refractivity contribution is 5.34. The molecule has 0 aliphatic carbocycles. The van der Waals surface area contributed by atoms with E-state index in [1.165, 1.54) is 0 Å². The second-order valence-electron chi connectivity index (χ2n) is 4.91. The Morgan fingerprint density at radius 2 is 2.41 bits per heavy atom. The zero-order chi connectivity index (χ0) is 12.3. The van der Waals surface area contributed by atoms with Crippen molar-refractivity contribution < 1.29 is 4.74 Å². The first-order valence-corrected chi connectivity index (χ1v) is 5.93. The lowest BCUT2D eigenvalue weighted by atomic mass is 9.90. The Morgan fingerprint density at radius 1 is 1.59 bits per heavy atom. The third kappa shape index (κ3) is 2.66. The summed E-state index contributed by atoms with van der Waals surface area (Å²) in [5.74, 6) is 1.39. The minimum atomic E-state index is 0.307. The lowest BCUT2D eigenvalue weighted by Gasteiger charge is -2.24. The highest BCUT2D eigenvalue weighted by Crippen LogP contribution is 2.31. The van der Waals surface area contributed by atoms with Crippen molar-refractivity contribution in [3.63, 3.8) is 0 Å². The third-order valence-corrected chi connectivity index (χ3v) is 3.27. The van der Waals surface area contributed by atoms with Crippen LogP contribution in [0.1, 0.15) is 13.3 Å². The maximum Gasteiger partial charge on any atom is 0.228 e. The lowest BCUT2D eigenvalue weighted by molar-refractivity contribution is 0.355. The van der Waals surface area contributed by atoms with Gasteiger partial charge in [0.05, 0.1) is 7.11 Å². The summed E-state index contributed by atoms with van der Waals surface area (Å²) in [4.78, 5) is 10.9. The summed E-state index contributed by atoms with van der Waals surface area (Å²) in [6.07, 6.45) is 2.91. The van der Waals surface area contributed by atoms with Crippen LogP contribution in [0.3, 0.4) is 0 Å². The summed E-state index contributed by atoms with van der Waals surface area (Å²) in [6, 6.07) is 1.77. The van der Waals surface area contributed by atoms with E-state index in [2.05, 4.69) is 27.1 Å². The summed E-state index contributed by atoms with van der Waals surface area (Å²) < 4.78 is 5.12. The predicted molar refractivity (Wildman–Crippen MR) is 67.4 cm³/mol. The van der Waals surface area contributed by atoms with Crippen molar-refractivity contribution in [1.82, 2.24) is 15.3 Å². The molecule has 1 atom stereocenters. The summed E-state index contributed by atoms with van der Waals surface area (Å²) >= 11 is 0. The van der Waals surface area contributed by atoms with Gasteiger partial charge in [0, 0.05) is 31.9 Å². The molecular weight excluding hydrogens is 216 g/mol. The van der Waals surface area contributed by atoms with Crippen LogP contribution in [0.4, 0.5) is 5.95 Å². The van der Waals surface area contributed by atoms with Gasteiger partial charge in [-0.2, -0.15) is 4.98 Å². The van der Waals surface area contributed by atoms with E-state index in [9.17, 15) is 0 Å². The van der Waals surface area contributed by atoms with Gasteiger partial charge in [0.15, 0.2) is 0 Å². The van der Waals surface area contributed by atoms with Crippen LogP contribution in [0.2, 0.25) is 0 Å². The second-order valence-corrected chi connectivity index (χ2v) is 4.91. The smallest absolute Gasteiger partial charge is 0.228 e. The highest BCUT2D eigenvalue weighted by Gasteiger charge is 2.34. The van der Waals surface area contributed by atoms with Gasteiger partial charge in [-0.3, -0.25) is 0 Å². The molecule has 2 rings (SSSR count). The van der Waals surface area contributed by atoms with E-state index in [1.807, 2.05) is 7.05 Å². The number of nitrogens with zero attached hydrogens (tertiary/aromatic N) is 3. The first-order valence-electron chi connectivity index (χ1n) is 5.93. The van der Waals surface area contributed by atoms with Gasteiger partial charge < -0.3 is 15.0 Å². The molecule has 1 aliphatic rings. The van der Waals surface area contributed by atoms with Crippen LogP contribution < -0.4 is 15.0 Å². The predicted octanol–water partition coefficient (Wildman–Crippen LogP) is 0.921. The monoisotopic (exact) mass is 236 g/mol. The average molecular weight is 236 g/mol. The number of nitrogens with one attached hydrogen (secondary N) is 1. The number of rotatable bonds is 4. The molecule has 5 heteroatoms. The van der Waals surface area contributed by atoms with Gasteiger partial charge >= 0.3 is 0 Å². The summed E-state index contributed by atoms with van der Waals surface area (Å²) in [5.41, 5.74) is 0.307. The van der Waals surface area contributed by atoms with Crippen molar-refractivity contribution in [3.05, 3.63) is 12.3 Å². The zero-order valence-corrected chi connectivity index (χ0v) is 10.7. The average Bonchev–Trinajstić information content (AvgIpc) is 2.72. The maximum absolute atomic E-state index is 5.12. The van der Waals surface area contributed by atoms with E-state index < -0.39 is 0 Å². The van der Waals surface area contributed by atoms with Crippen molar-refractivity contribution in [1.29, 1.82) is 0 Å². The van der Waals surface area contributed by atoms with Gasteiger partial charge in [0.2, 0.25) is 11.8 Å². The molecule has 1 fully saturated rings. The van der Waals surface area contributed by atoms with Crippen LogP contribution in [-0.2, 0) is 0 Å². The van der Waals surface area contributed by atoms with Crippen LogP contribution in [0.5, 0.6) is 5.88 Å². The number of ether oxygens (including phenoxy) is 1. The van der Waals surface area contributed by atoms with Gasteiger partial charge in [0.1, 0.15) is 0 Å². The number of aromatic nitrogens is 2. The maximum atomic E-state index is 5.12. The molecule has 17 heavy (non-hydrogen) atoms. The van der Waals surface area contributed by atoms with Crippen molar-refractivity contribution in [2.24, 2.45) is 5.41 Å². The van der Waals surface area contributed by atoms with Crippen LogP contribution in [-0.4, -0.2) is 43.8 Å². The summed E-state index contributed by atoms with van der Waals surface area (Å²) in [7, 11) is 3.62. The Hall–Kier alpha value is -1.36. The highest BCUT2D eigenvalue weighted by atomic mass is 16.5. The lowest BCUT2D eigenvalue weighted by Crippen LogP contribution is -2.33. The molecule has 1 aromatic heterocycles. The molecule has 0 aromatic carbocycles. The van der Waals surface area contributed by atoms with E-state index in [1.54, 1.807) is 19.4 Å². The van der Waals surface area contributed by atoms with E-state index in [0.717, 1.165) is 32.0 Å². The number of hydrogen-bond acceptors (Lipinski definition) is 5. The van der Waals surface area contributed by atoms with Gasteiger partial charge in [-0.25, -0.2) is 4.98 Å². The van der Waals surface area contributed by atoms with Crippen molar-refractivity contribution in [2.45, 2.75) is 13.3 Å². The van der Waals surface area contributed by atoms with Crippen LogP contribution in [0.25, 0.3) is 0 Å². The fraction of sp³-hybridized carbons (Fsp3) is 0.667. The molecule has 1 unspecified atom stereocenters. The van der Waals surface area contributed by atoms with E-state index in [0.29, 0.717) is 11.3 Å². The number of anilines is 1. The molecule has 1 aliphatic heterocycles. The molecule has 1 aromatic rings. The zero-order valence-electron chi connectivity index (χ0n) is 10.7. The molecule has 0 radical (unpaired) electrons. The molecule has 0 bridgehead atoms. The normalized spacial score (nSPS) is 24.1. The third-order valence-electron chi connectivity index (χ3n) is 3.27. The van der Waals surface area contributed by atoms with Gasteiger partial charge in [-0.1, -0.05) is 6.92 Å². The first kappa shape index (κ1) is 12.1. The molecule has 0 spiro atoms. The van der Waals surface area contributed by atoms with Gasteiger partial charge in [-0.05, 0) is 18.9 Å². The fourth-order valence-corrected chi connectivity index (χ4v) is 2.36. The molecular formula is C12H20N4O. The standard InChI is InChI=1S/C12H20N4O/c1-12(8-13-2)5-7-16(9-12)11-14-6-4-10(15-11)17-3/h4,6,13H,5,7-9H2,1-3H3. The van der Waals surface area contributed by atoms with E-state index >= 15 is 0 Å². The molecule has 94 valence electrons. The topological polar surface area (TPSA) is 50.3 Å². The van der Waals surface area contributed by atoms with Crippen molar-refractivity contribution in [2.75, 3.05) is 38.7 Å². The van der Waals surface area contributed by atoms with E-state index in [4.69, 9.17) is 4.74 Å². The Morgan fingerprint density at radius 3 is 3.12 bits per heavy atom. The molecule has 5 nitrogen and oxygen atoms in total. The van der Waals surface area contributed by atoms with Gasteiger partial charge in [0.25, 0.3) is 0 Å². The molecule has 0 amide bonds. The minimum Gasteiger partial charge on any atom is -0.481 e. The quantitative estimate of drug-likeness (QED) is 0.842. The first-order chi connectivity index (χ1) is 8.17.